The summed E-state index contributed by atoms with van der Waals surface area (Å²) in [5.41, 5.74) is 0.462. The van der Waals surface area contributed by atoms with E-state index in [1.165, 1.54) is 19.3 Å². The van der Waals surface area contributed by atoms with E-state index in [1.54, 1.807) is 0 Å². The van der Waals surface area contributed by atoms with E-state index < -0.39 is 0 Å². The first-order valence-electron chi connectivity index (χ1n) is 8.91. The second-order valence-corrected chi connectivity index (χ2v) is 7.76. The van der Waals surface area contributed by atoms with E-state index in [0.29, 0.717) is 11.5 Å². The van der Waals surface area contributed by atoms with Gasteiger partial charge in [-0.05, 0) is 44.2 Å². The molecule has 1 aliphatic carbocycles. The van der Waals surface area contributed by atoms with Gasteiger partial charge in [-0.3, -0.25) is 0 Å². The van der Waals surface area contributed by atoms with Crippen molar-refractivity contribution in [2.75, 3.05) is 26.7 Å². The molecule has 1 saturated carbocycles. The minimum atomic E-state index is -0.240. The van der Waals surface area contributed by atoms with Crippen molar-refractivity contribution in [2.24, 2.45) is 11.3 Å². The van der Waals surface area contributed by atoms with Gasteiger partial charge in [0.25, 0.3) is 0 Å². The molecule has 3 heteroatoms. The second-order valence-electron chi connectivity index (χ2n) is 7.76. The molecule has 1 heterocycles. The van der Waals surface area contributed by atoms with Gasteiger partial charge in [-0.2, -0.15) is 0 Å². The first-order chi connectivity index (χ1) is 9.91. The smallest absolute Gasteiger partial charge is 0.168 e. The molecule has 1 saturated heterocycles. The van der Waals surface area contributed by atoms with Gasteiger partial charge < -0.3 is 14.4 Å². The van der Waals surface area contributed by atoms with Gasteiger partial charge in [0.2, 0.25) is 0 Å². The standard InChI is InChI=1S/C18H35NO2/c1-6-17(3,4)15-8-11-18(12-9-15)20-14-16(21-18)10-13-19(5)7-2/h15-16H,6-14H2,1-5H3. The molecule has 2 rings (SSSR count). The highest BCUT2D eigenvalue weighted by Crippen LogP contribution is 2.47. The van der Waals surface area contributed by atoms with E-state index in [-0.39, 0.29) is 5.79 Å². The Bertz CT molecular complexity index is 321. The zero-order chi connectivity index (χ0) is 15.5. The van der Waals surface area contributed by atoms with Gasteiger partial charge >= 0.3 is 0 Å². The van der Waals surface area contributed by atoms with Crippen molar-refractivity contribution in [3.05, 3.63) is 0 Å². The fourth-order valence-corrected chi connectivity index (χ4v) is 3.67. The zero-order valence-corrected chi connectivity index (χ0v) is 14.8. The summed E-state index contributed by atoms with van der Waals surface area (Å²) < 4.78 is 12.4. The van der Waals surface area contributed by atoms with Gasteiger partial charge in [0.1, 0.15) is 0 Å². The monoisotopic (exact) mass is 297 g/mol. The summed E-state index contributed by atoms with van der Waals surface area (Å²) in [6.07, 6.45) is 7.33. The van der Waals surface area contributed by atoms with Gasteiger partial charge in [-0.15, -0.1) is 0 Å². The van der Waals surface area contributed by atoms with Crippen LogP contribution in [0.3, 0.4) is 0 Å². The molecule has 0 aromatic carbocycles. The molecule has 1 aliphatic heterocycles. The average molecular weight is 297 g/mol. The van der Waals surface area contributed by atoms with Crippen LogP contribution >= 0.6 is 0 Å². The Morgan fingerprint density at radius 1 is 1.19 bits per heavy atom. The van der Waals surface area contributed by atoms with Gasteiger partial charge in [0, 0.05) is 19.4 Å². The van der Waals surface area contributed by atoms with Gasteiger partial charge in [0.05, 0.1) is 12.7 Å². The SMILES string of the molecule is CCN(C)CCC1COC2(CCC(C(C)(C)CC)CC2)O1. The largest absolute Gasteiger partial charge is 0.347 e. The summed E-state index contributed by atoms with van der Waals surface area (Å²) in [5.74, 6) is 0.584. The molecule has 0 aromatic rings. The van der Waals surface area contributed by atoms with Crippen LogP contribution in [0.15, 0.2) is 0 Å². The maximum atomic E-state index is 6.33. The van der Waals surface area contributed by atoms with Crippen molar-refractivity contribution in [1.29, 1.82) is 0 Å². The van der Waals surface area contributed by atoms with Crippen molar-refractivity contribution in [3.63, 3.8) is 0 Å². The predicted octanol–water partition coefficient (Wildman–Crippen LogP) is 4.07. The van der Waals surface area contributed by atoms with Crippen LogP contribution in [0.25, 0.3) is 0 Å². The molecule has 0 radical (unpaired) electrons. The lowest BCUT2D eigenvalue weighted by atomic mass is 9.68. The van der Waals surface area contributed by atoms with Gasteiger partial charge in [0.15, 0.2) is 5.79 Å². The Labute approximate surface area is 131 Å². The molecular formula is C18H35NO2. The van der Waals surface area contributed by atoms with Crippen LogP contribution in [0.2, 0.25) is 0 Å². The van der Waals surface area contributed by atoms with Crippen molar-refractivity contribution in [1.82, 2.24) is 4.90 Å². The summed E-state index contributed by atoms with van der Waals surface area (Å²) in [4.78, 5) is 2.34. The Balaban J connectivity index is 1.79. The molecule has 2 aliphatic rings. The maximum Gasteiger partial charge on any atom is 0.168 e. The van der Waals surface area contributed by atoms with Crippen LogP contribution in [-0.2, 0) is 9.47 Å². The summed E-state index contributed by atoms with van der Waals surface area (Å²) in [6.45, 7) is 12.3. The molecular weight excluding hydrogens is 262 g/mol. The van der Waals surface area contributed by atoms with Gasteiger partial charge in [-0.1, -0.05) is 34.1 Å². The molecule has 0 bridgehead atoms. The minimum Gasteiger partial charge on any atom is -0.347 e. The van der Waals surface area contributed by atoms with E-state index in [9.17, 15) is 0 Å². The van der Waals surface area contributed by atoms with Crippen LogP contribution in [0.1, 0.15) is 66.2 Å². The second kappa shape index (κ2) is 6.97. The minimum absolute atomic E-state index is 0.240. The zero-order valence-electron chi connectivity index (χ0n) is 14.8. The van der Waals surface area contributed by atoms with E-state index in [4.69, 9.17) is 9.47 Å². The summed E-state index contributed by atoms with van der Waals surface area (Å²) in [6, 6.07) is 0. The summed E-state index contributed by atoms with van der Waals surface area (Å²) in [7, 11) is 2.17. The third-order valence-corrected chi connectivity index (χ3v) is 6.05. The third-order valence-electron chi connectivity index (χ3n) is 6.05. The lowest BCUT2D eigenvalue weighted by molar-refractivity contribution is -0.197. The van der Waals surface area contributed by atoms with Crippen molar-refractivity contribution in [2.45, 2.75) is 78.1 Å². The first kappa shape index (κ1) is 17.2. The fraction of sp³-hybridized carbons (Fsp3) is 1.00. The highest BCUT2D eigenvalue weighted by molar-refractivity contribution is 4.89. The van der Waals surface area contributed by atoms with E-state index in [2.05, 4.69) is 39.6 Å². The fourth-order valence-electron chi connectivity index (χ4n) is 3.67. The van der Waals surface area contributed by atoms with Crippen LogP contribution in [0.5, 0.6) is 0 Å². The number of nitrogens with zero attached hydrogens (tertiary/aromatic N) is 1. The summed E-state index contributed by atoms with van der Waals surface area (Å²) in [5, 5.41) is 0. The molecule has 1 spiro atoms. The number of ether oxygens (including phenoxy) is 2. The Kier molecular flexibility index (Phi) is 5.72. The lowest BCUT2D eigenvalue weighted by Gasteiger charge is -2.42. The molecule has 2 fully saturated rings. The van der Waals surface area contributed by atoms with E-state index in [1.807, 2.05) is 0 Å². The molecule has 0 N–H and O–H groups in total. The van der Waals surface area contributed by atoms with Crippen molar-refractivity contribution in [3.8, 4) is 0 Å². The Morgan fingerprint density at radius 3 is 2.43 bits per heavy atom. The number of hydrogen-bond donors (Lipinski definition) is 0. The van der Waals surface area contributed by atoms with Crippen molar-refractivity contribution < 1.29 is 9.47 Å². The third kappa shape index (κ3) is 4.20. The molecule has 3 nitrogen and oxygen atoms in total. The Hall–Kier alpha value is -0.120. The van der Waals surface area contributed by atoms with Crippen LogP contribution in [0.4, 0.5) is 0 Å². The molecule has 1 atom stereocenters. The quantitative estimate of drug-likeness (QED) is 0.738. The highest BCUT2D eigenvalue weighted by atomic mass is 16.7. The lowest BCUT2D eigenvalue weighted by Crippen LogP contribution is -2.39. The van der Waals surface area contributed by atoms with Crippen LogP contribution in [-0.4, -0.2) is 43.5 Å². The normalized spacial score (nSPS) is 34.0. The highest BCUT2D eigenvalue weighted by Gasteiger charge is 2.46. The van der Waals surface area contributed by atoms with E-state index in [0.717, 1.165) is 44.9 Å². The van der Waals surface area contributed by atoms with Crippen LogP contribution in [0, 0.1) is 11.3 Å². The molecule has 124 valence electrons. The van der Waals surface area contributed by atoms with Crippen LogP contribution < -0.4 is 0 Å². The molecule has 21 heavy (non-hydrogen) atoms. The summed E-state index contributed by atoms with van der Waals surface area (Å²) >= 11 is 0. The Morgan fingerprint density at radius 2 is 1.86 bits per heavy atom. The number of rotatable bonds is 6. The molecule has 0 amide bonds. The van der Waals surface area contributed by atoms with E-state index >= 15 is 0 Å². The first-order valence-corrected chi connectivity index (χ1v) is 8.91. The predicted molar refractivity (Wildman–Crippen MR) is 87.4 cm³/mol. The number of hydrogen-bond acceptors (Lipinski definition) is 3. The maximum absolute atomic E-state index is 6.33. The average Bonchev–Trinajstić information content (AvgIpc) is 2.88. The molecule has 1 unspecified atom stereocenters. The van der Waals surface area contributed by atoms with Crippen molar-refractivity contribution >= 4 is 0 Å². The molecule has 0 aromatic heterocycles. The topological polar surface area (TPSA) is 21.7 Å². The van der Waals surface area contributed by atoms with Gasteiger partial charge in [-0.25, -0.2) is 0 Å².